The van der Waals surface area contributed by atoms with Crippen molar-refractivity contribution in [1.29, 1.82) is 0 Å². The number of nitrogens with zero attached hydrogens (tertiary/aromatic N) is 2. The van der Waals surface area contributed by atoms with Gasteiger partial charge >= 0.3 is 12.1 Å². The van der Waals surface area contributed by atoms with Crippen molar-refractivity contribution in [2.24, 2.45) is 0 Å². The van der Waals surface area contributed by atoms with E-state index < -0.39 is 49.7 Å². The first-order valence-electron chi connectivity index (χ1n) is 17.3. The zero-order valence-corrected chi connectivity index (χ0v) is 30.7. The highest BCUT2D eigenvalue weighted by atomic mass is 35.5. The molecule has 0 atom stereocenters. The van der Waals surface area contributed by atoms with Gasteiger partial charge in [-0.05, 0) is 77.9 Å². The highest BCUT2D eigenvalue weighted by molar-refractivity contribution is 7.88. The summed E-state index contributed by atoms with van der Waals surface area (Å²) in [4.78, 5) is 22.0. The van der Waals surface area contributed by atoms with Crippen molar-refractivity contribution in [3.63, 3.8) is 0 Å². The maximum absolute atomic E-state index is 13.9. The fraction of sp³-hybridized carbons (Fsp3) is 0.195. The van der Waals surface area contributed by atoms with Crippen molar-refractivity contribution in [3.05, 3.63) is 181 Å². The summed E-state index contributed by atoms with van der Waals surface area (Å²) < 4.78 is 73.1. The number of nitro benzene ring substituents is 1. The molecule has 0 aliphatic heterocycles. The minimum absolute atomic E-state index is 0.105. The number of fused-ring (bicyclic) bond motifs is 1. The van der Waals surface area contributed by atoms with Crippen LogP contribution in [-0.2, 0) is 41.2 Å². The Morgan fingerprint density at radius 3 is 2.05 bits per heavy atom. The van der Waals surface area contributed by atoms with Crippen LogP contribution in [0.4, 0.5) is 18.9 Å². The van der Waals surface area contributed by atoms with Crippen molar-refractivity contribution in [2.75, 3.05) is 6.54 Å². The molecule has 1 aromatic heterocycles. The summed E-state index contributed by atoms with van der Waals surface area (Å²) in [6.07, 6.45) is -3.15. The molecule has 284 valence electrons. The van der Waals surface area contributed by atoms with E-state index in [1.54, 1.807) is 30.3 Å². The molecular formula is C41H35ClF3N3O6S. The van der Waals surface area contributed by atoms with E-state index in [1.165, 1.54) is 0 Å². The van der Waals surface area contributed by atoms with E-state index in [1.807, 2.05) is 72.8 Å². The maximum Gasteiger partial charge on any atom is 0.416 e. The number of carboxylic acids is 1. The third kappa shape index (κ3) is 9.07. The SMILES string of the molecule is O=C(O)c1ccc(CCCc2c(CCNS(=O)(=O)Cc3c([N+](=O)[O-])cccc3C(F)(F)F)n(C(c3ccccc3)c3ccccc3)c3ccc(Cl)cc23)cc1. The topological polar surface area (TPSA) is 132 Å². The van der Waals surface area contributed by atoms with Gasteiger partial charge in [0.2, 0.25) is 10.0 Å². The van der Waals surface area contributed by atoms with Crippen LogP contribution in [0.15, 0.2) is 121 Å². The summed E-state index contributed by atoms with van der Waals surface area (Å²) in [6.45, 7) is -0.228. The number of benzene rings is 5. The zero-order valence-electron chi connectivity index (χ0n) is 29.2. The molecule has 0 aliphatic carbocycles. The van der Waals surface area contributed by atoms with Crippen LogP contribution in [-0.4, -0.2) is 35.5 Å². The molecule has 0 bridgehead atoms. The number of halogens is 4. The average molecular weight is 790 g/mol. The lowest BCUT2D eigenvalue weighted by molar-refractivity contribution is -0.385. The summed E-state index contributed by atoms with van der Waals surface area (Å²) in [6, 6.07) is 33.7. The van der Waals surface area contributed by atoms with Gasteiger partial charge in [0.1, 0.15) is 0 Å². The first-order valence-corrected chi connectivity index (χ1v) is 19.3. The molecule has 0 aliphatic rings. The Bertz CT molecular complexity index is 2400. The van der Waals surface area contributed by atoms with Crippen LogP contribution >= 0.6 is 11.6 Å². The fourth-order valence-corrected chi connectivity index (χ4v) is 8.40. The van der Waals surface area contributed by atoms with E-state index in [4.69, 9.17) is 11.6 Å². The number of alkyl halides is 3. The van der Waals surface area contributed by atoms with Crippen molar-refractivity contribution >= 4 is 44.2 Å². The molecule has 0 saturated carbocycles. The lowest BCUT2D eigenvalue weighted by Crippen LogP contribution is -2.29. The van der Waals surface area contributed by atoms with Gasteiger partial charge < -0.3 is 9.67 Å². The smallest absolute Gasteiger partial charge is 0.416 e. The van der Waals surface area contributed by atoms with Crippen LogP contribution in [0.3, 0.4) is 0 Å². The van der Waals surface area contributed by atoms with E-state index >= 15 is 0 Å². The van der Waals surface area contributed by atoms with Crippen LogP contribution in [0, 0.1) is 10.1 Å². The third-order valence-corrected chi connectivity index (χ3v) is 11.0. The highest BCUT2D eigenvalue weighted by Crippen LogP contribution is 2.39. The number of sulfonamides is 1. The number of carbonyl (C=O) groups is 1. The summed E-state index contributed by atoms with van der Waals surface area (Å²) in [7, 11) is -4.52. The maximum atomic E-state index is 13.9. The third-order valence-electron chi connectivity index (χ3n) is 9.44. The van der Waals surface area contributed by atoms with Crippen molar-refractivity contribution in [3.8, 4) is 0 Å². The number of aromatic carboxylic acids is 1. The van der Waals surface area contributed by atoms with Crippen LogP contribution in [0.5, 0.6) is 0 Å². The highest BCUT2D eigenvalue weighted by Gasteiger charge is 2.38. The summed E-state index contributed by atoms with van der Waals surface area (Å²) in [5.41, 5.74) is 2.22. The van der Waals surface area contributed by atoms with Gasteiger partial charge in [0.25, 0.3) is 5.69 Å². The molecular weight excluding hydrogens is 755 g/mol. The second kappa shape index (κ2) is 16.5. The molecule has 0 unspecified atom stereocenters. The Hall–Kier alpha value is -5.50. The minimum atomic E-state index is -5.02. The molecule has 2 N–H and O–H groups in total. The van der Waals surface area contributed by atoms with Crippen LogP contribution in [0.2, 0.25) is 5.02 Å². The summed E-state index contributed by atoms with van der Waals surface area (Å²) in [5, 5.41) is 22.3. The standard InChI is InChI=1S/C41H35ClF3N3O6S/c42-31-21-22-36-33(25-31)32(14-7-9-27-17-19-30(20-18-27)40(49)50)37(47(36)39(28-10-3-1-4-11-28)29-12-5-2-6-13-29)23-24-46-55(53,54)26-34-35(41(43,44)45)15-8-16-38(34)48(51)52/h1-6,8,10-13,15-22,25,39,46H,7,9,14,23-24,26H2,(H,49,50). The number of aryl methyl sites for hydroxylation is 2. The lowest BCUT2D eigenvalue weighted by atomic mass is 9.97. The number of rotatable bonds is 15. The lowest BCUT2D eigenvalue weighted by Gasteiger charge is -2.25. The van der Waals surface area contributed by atoms with Gasteiger partial charge in [-0.3, -0.25) is 10.1 Å². The van der Waals surface area contributed by atoms with E-state index in [-0.39, 0.29) is 24.6 Å². The number of nitrogens with one attached hydrogen (secondary N) is 1. The fourth-order valence-electron chi connectivity index (χ4n) is 7.02. The minimum Gasteiger partial charge on any atom is -0.478 e. The quantitative estimate of drug-likeness (QED) is 0.0788. The number of hydrogen-bond donors (Lipinski definition) is 2. The molecule has 6 rings (SSSR count). The van der Waals surface area contributed by atoms with Crippen LogP contribution in [0.1, 0.15) is 61.9 Å². The second-order valence-electron chi connectivity index (χ2n) is 13.0. The molecule has 55 heavy (non-hydrogen) atoms. The Morgan fingerprint density at radius 1 is 0.836 bits per heavy atom. The molecule has 0 saturated heterocycles. The Kier molecular flexibility index (Phi) is 11.7. The monoisotopic (exact) mass is 789 g/mol. The molecule has 0 amide bonds. The van der Waals surface area contributed by atoms with Gasteiger partial charge in [0.05, 0.1) is 33.4 Å². The first-order chi connectivity index (χ1) is 26.2. The zero-order chi connectivity index (χ0) is 39.3. The number of aromatic nitrogens is 1. The Labute approximate surface area is 320 Å². The van der Waals surface area contributed by atoms with Crippen molar-refractivity contribution in [1.82, 2.24) is 9.29 Å². The van der Waals surface area contributed by atoms with Gasteiger partial charge in [0, 0.05) is 40.7 Å². The predicted molar refractivity (Wildman–Crippen MR) is 205 cm³/mol. The van der Waals surface area contributed by atoms with Gasteiger partial charge in [0.15, 0.2) is 0 Å². The molecule has 0 spiro atoms. The average Bonchev–Trinajstić information content (AvgIpc) is 3.43. The van der Waals surface area contributed by atoms with E-state index in [0.717, 1.165) is 51.0 Å². The van der Waals surface area contributed by atoms with Crippen molar-refractivity contribution < 1.29 is 36.4 Å². The number of hydrogen-bond acceptors (Lipinski definition) is 5. The molecule has 0 fully saturated rings. The first kappa shape index (κ1) is 39.2. The van der Waals surface area contributed by atoms with Crippen molar-refractivity contribution in [2.45, 2.75) is 43.7 Å². The molecule has 1 heterocycles. The summed E-state index contributed by atoms with van der Waals surface area (Å²) >= 11 is 6.58. The summed E-state index contributed by atoms with van der Waals surface area (Å²) in [5.74, 6) is -2.27. The number of carboxylic acid groups (broad SMARTS) is 1. The van der Waals surface area contributed by atoms with Crippen LogP contribution < -0.4 is 4.72 Å². The molecule has 9 nitrogen and oxygen atoms in total. The van der Waals surface area contributed by atoms with Gasteiger partial charge in [-0.25, -0.2) is 17.9 Å². The molecule has 5 aromatic carbocycles. The normalized spacial score (nSPS) is 12.0. The van der Waals surface area contributed by atoms with Gasteiger partial charge in [-0.15, -0.1) is 0 Å². The largest absolute Gasteiger partial charge is 0.478 e. The molecule has 6 aromatic rings. The van der Waals surface area contributed by atoms with Crippen LogP contribution in [0.25, 0.3) is 10.9 Å². The van der Waals surface area contributed by atoms with Gasteiger partial charge in [-0.2, -0.15) is 13.2 Å². The molecule has 0 radical (unpaired) electrons. The van der Waals surface area contributed by atoms with E-state index in [0.29, 0.717) is 30.4 Å². The van der Waals surface area contributed by atoms with E-state index in [9.17, 15) is 41.6 Å². The Balaban J connectivity index is 1.41. The second-order valence-corrected chi connectivity index (χ2v) is 15.2. The van der Waals surface area contributed by atoms with E-state index in [2.05, 4.69) is 9.29 Å². The molecule has 14 heteroatoms. The predicted octanol–water partition coefficient (Wildman–Crippen LogP) is 9.39. The van der Waals surface area contributed by atoms with Gasteiger partial charge in [-0.1, -0.05) is 90.5 Å². The Morgan fingerprint density at radius 2 is 1.47 bits per heavy atom. The number of nitro groups is 1.